The standard InChI is InChI=1S/C14H13.2C9H7.ClH.Zr/c1-12(13-8-4-2-5-9-13)14-10-6-3-7-11-14;2*1-2-5-9-7-3-6-8(9)4-1;;/h2-12H,1H2;2*1-7H;1H;/q;;;;+1/p-1. The molecule has 0 aliphatic heterocycles. The predicted molar refractivity (Wildman–Crippen MR) is 142 cm³/mol. The summed E-state index contributed by atoms with van der Waals surface area (Å²) in [6.45, 7) is 0. The Morgan fingerprint density at radius 2 is 0.971 bits per heavy atom. The topological polar surface area (TPSA) is 0 Å². The Labute approximate surface area is 210 Å². The van der Waals surface area contributed by atoms with Crippen LogP contribution in [0.15, 0.2) is 121 Å². The van der Waals surface area contributed by atoms with Gasteiger partial charge in [-0.25, -0.2) is 0 Å². The number of allylic oxidation sites excluding steroid dienone is 2. The molecule has 0 saturated heterocycles. The van der Waals surface area contributed by atoms with Crippen molar-refractivity contribution in [2.24, 2.45) is 0 Å². The maximum absolute atomic E-state index is 8.21. The third-order valence-corrected chi connectivity index (χ3v) is 21.3. The summed E-state index contributed by atoms with van der Waals surface area (Å²) in [6, 6.07) is 39.6. The van der Waals surface area contributed by atoms with Gasteiger partial charge < -0.3 is 0 Å². The van der Waals surface area contributed by atoms with Gasteiger partial charge in [-0.3, -0.25) is 0 Å². The van der Waals surface area contributed by atoms with E-state index >= 15 is 0 Å². The van der Waals surface area contributed by atoms with Gasteiger partial charge in [-0.2, -0.15) is 0 Å². The maximum atomic E-state index is 8.21. The molecule has 0 spiro atoms. The van der Waals surface area contributed by atoms with Crippen molar-refractivity contribution in [2.45, 2.75) is 17.3 Å². The van der Waals surface area contributed by atoms with Crippen molar-refractivity contribution in [2.75, 3.05) is 0 Å². The third kappa shape index (κ3) is 3.90. The van der Waals surface area contributed by atoms with Crippen LogP contribution in [0.3, 0.4) is 0 Å². The SMILES string of the molecule is [Cl][Zr]([CH2]C(c1ccccc1)c1ccccc1)([CH]1C=Cc2ccccc21)[CH]1C=Cc2ccccc21. The molecule has 0 aromatic heterocycles. The van der Waals surface area contributed by atoms with Gasteiger partial charge in [0, 0.05) is 0 Å². The minimum absolute atomic E-state index is 0.290. The van der Waals surface area contributed by atoms with Gasteiger partial charge in [-0.1, -0.05) is 0 Å². The van der Waals surface area contributed by atoms with Crippen LogP contribution < -0.4 is 0 Å². The first kappa shape index (κ1) is 22.0. The number of fused-ring (bicyclic) bond motifs is 2. The summed E-state index contributed by atoms with van der Waals surface area (Å²) in [7, 11) is 8.21. The van der Waals surface area contributed by atoms with Crippen LogP contribution in [-0.4, -0.2) is 0 Å². The molecule has 2 unspecified atom stereocenters. The van der Waals surface area contributed by atoms with Crippen LogP contribution in [0.1, 0.15) is 46.6 Å². The molecule has 4 aromatic carbocycles. The van der Waals surface area contributed by atoms with E-state index in [2.05, 4.69) is 133 Å². The molecule has 0 saturated carbocycles. The second-order valence-corrected chi connectivity index (χ2v) is 22.2. The van der Waals surface area contributed by atoms with E-state index in [0.717, 1.165) is 4.13 Å². The Morgan fingerprint density at radius 3 is 1.44 bits per heavy atom. The number of rotatable bonds is 6. The number of hydrogen-bond acceptors (Lipinski definition) is 0. The van der Waals surface area contributed by atoms with Crippen molar-refractivity contribution < 1.29 is 19.1 Å². The van der Waals surface area contributed by atoms with Crippen LogP contribution in [0.4, 0.5) is 0 Å². The van der Waals surface area contributed by atoms with Gasteiger partial charge in [-0.15, -0.1) is 0 Å². The zero-order valence-electron chi connectivity index (χ0n) is 19.0. The van der Waals surface area contributed by atoms with E-state index in [9.17, 15) is 0 Å². The van der Waals surface area contributed by atoms with Crippen LogP contribution in [0.25, 0.3) is 12.2 Å². The zero-order valence-corrected chi connectivity index (χ0v) is 22.2. The summed E-state index contributed by atoms with van der Waals surface area (Å²) in [4.78, 5) is 0. The summed E-state index contributed by atoms with van der Waals surface area (Å²) in [5.74, 6) is 0.290. The fourth-order valence-electron chi connectivity index (χ4n) is 5.89. The summed E-state index contributed by atoms with van der Waals surface area (Å²) < 4.78 is 1.71. The van der Waals surface area contributed by atoms with Crippen LogP contribution in [0.5, 0.6) is 0 Å². The molecule has 2 heteroatoms. The molecule has 2 aliphatic carbocycles. The van der Waals surface area contributed by atoms with Gasteiger partial charge in [0.1, 0.15) is 0 Å². The summed E-state index contributed by atoms with van der Waals surface area (Å²) >= 11 is -3.53. The van der Waals surface area contributed by atoms with E-state index in [1.54, 1.807) is 0 Å². The van der Waals surface area contributed by atoms with Gasteiger partial charge in [0.25, 0.3) is 0 Å². The molecule has 0 heterocycles. The Morgan fingerprint density at radius 1 is 0.559 bits per heavy atom. The molecule has 0 N–H and O–H groups in total. The Balaban J connectivity index is 1.50. The van der Waals surface area contributed by atoms with Crippen LogP contribution in [-0.2, 0) is 19.1 Å². The molecule has 2 atom stereocenters. The molecule has 0 bridgehead atoms. The normalized spacial score (nSPS) is 19.7. The van der Waals surface area contributed by atoms with Crippen molar-refractivity contribution in [1.82, 2.24) is 0 Å². The fourth-order valence-corrected chi connectivity index (χ4v) is 19.8. The first-order valence-electron chi connectivity index (χ1n) is 12.1. The van der Waals surface area contributed by atoms with Crippen LogP contribution in [0.2, 0.25) is 4.13 Å². The summed E-state index contributed by atoms with van der Waals surface area (Å²) in [6.07, 6.45) is 9.46. The molecule has 6 rings (SSSR count). The van der Waals surface area contributed by atoms with Gasteiger partial charge in [0.15, 0.2) is 0 Å². The van der Waals surface area contributed by atoms with E-state index in [-0.39, 0.29) is 5.92 Å². The van der Waals surface area contributed by atoms with Crippen molar-refractivity contribution in [3.05, 3.63) is 155 Å². The Bertz CT molecular complexity index is 1260. The van der Waals surface area contributed by atoms with Gasteiger partial charge in [-0.05, 0) is 0 Å². The van der Waals surface area contributed by atoms with E-state index < -0.39 is 19.1 Å². The van der Waals surface area contributed by atoms with Gasteiger partial charge in [0.05, 0.1) is 0 Å². The van der Waals surface area contributed by atoms with Gasteiger partial charge in [0.2, 0.25) is 0 Å². The van der Waals surface area contributed by atoms with E-state index in [1.807, 2.05) is 0 Å². The predicted octanol–water partition coefficient (Wildman–Crippen LogP) is 9.08. The molecule has 0 amide bonds. The summed E-state index contributed by atoms with van der Waals surface area (Å²) in [5.41, 5.74) is 8.24. The molecule has 34 heavy (non-hydrogen) atoms. The molecule has 0 nitrogen and oxygen atoms in total. The Hall–Kier alpha value is -2.47. The second kappa shape index (κ2) is 9.29. The first-order chi connectivity index (χ1) is 16.7. The summed E-state index contributed by atoms with van der Waals surface area (Å²) in [5, 5.41) is 0. The monoisotopic (exact) mass is 536 g/mol. The molecular formula is C32H27ClZr. The fraction of sp³-hybridized carbons (Fsp3) is 0.125. The van der Waals surface area contributed by atoms with Crippen molar-refractivity contribution in [3.63, 3.8) is 0 Å². The van der Waals surface area contributed by atoms with Crippen molar-refractivity contribution >= 4 is 20.7 Å². The molecule has 166 valence electrons. The number of hydrogen-bond donors (Lipinski definition) is 0. The van der Waals surface area contributed by atoms with Gasteiger partial charge >= 0.3 is 212 Å². The van der Waals surface area contributed by atoms with Crippen LogP contribution >= 0.6 is 8.51 Å². The average molecular weight is 538 g/mol. The Kier molecular flexibility index (Phi) is 6.02. The third-order valence-electron chi connectivity index (χ3n) is 7.55. The molecule has 4 aromatic rings. The molecule has 0 radical (unpaired) electrons. The van der Waals surface area contributed by atoms with Crippen molar-refractivity contribution in [1.29, 1.82) is 0 Å². The second-order valence-electron chi connectivity index (χ2n) is 9.44. The van der Waals surface area contributed by atoms with E-state index in [1.165, 1.54) is 33.4 Å². The van der Waals surface area contributed by atoms with E-state index in [0.29, 0.717) is 7.25 Å². The molecular weight excluding hydrogens is 511 g/mol. The zero-order chi connectivity index (χ0) is 23.0. The minimum atomic E-state index is -3.53. The molecule has 0 fully saturated rings. The average Bonchev–Trinajstić information content (AvgIpc) is 3.54. The quantitative estimate of drug-likeness (QED) is 0.230. The van der Waals surface area contributed by atoms with E-state index in [4.69, 9.17) is 8.51 Å². The first-order valence-corrected chi connectivity index (χ1v) is 19.8. The number of benzene rings is 4. The van der Waals surface area contributed by atoms with Crippen molar-refractivity contribution in [3.8, 4) is 0 Å². The van der Waals surface area contributed by atoms with Crippen LogP contribution in [0, 0.1) is 0 Å². The molecule has 2 aliphatic rings. The number of halogens is 1.